The highest BCUT2D eigenvalue weighted by Gasteiger charge is 2.13. The van der Waals surface area contributed by atoms with Gasteiger partial charge in [-0.05, 0) is 48.4 Å². The van der Waals surface area contributed by atoms with Gasteiger partial charge in [0.2, 0.25) is 0 Å². The molecule has 6 heteroatoms. The molecule has 1 amide bonds. The number of hydrogen-bond acceptors (Lipinski definition) is 5. The van der Waals surface area contributed by atoms with Gasteiger partial charge in [0, 0.05) is 22.8 Å². The Hall–Kier alpha value is -3.69. The molecule has 0 aliphatic carbocycles. The van der Waals surface area contributed by atoms with Crippen LogP contribution in [0.25, 0.3) is 10.8 Å². The third kappa shape index (κ3) is 4.11. The molecule has 0 fully saturated rings. The molecule has 4 aromatic rings. The second-order valence-corrected chi connectivity index (χ2v) is 6.37. The van der Waals surface area contributed by atoms with Crippen molar-refractivity contribution in [1.82, 2.24) is 9.97 Å². The fourth-order valence-corrected chi connectivity index (χ4v) is 3.10. The molecule has 0 saturated carbocycles. The van der Waals surface area contributed by atoms with E-state index in [0.717, 1.165) is 5.56 Å². The lowest BCUT2D eigenvalue weighted by Gasteiger charge is -2.03. The van der Waals surface area contributed by atoms with Gasteiger partial charge < -0.3 is 9.73 Å². The van der Waals surface area contributed by atoms with Crippen LogP contribution in [0.4, 0.5) is 5.69 Å². The van der Waals surface area contributed by atoms with Crippen LogP contribution < -0.4 is 5.32 Å². The second-order valence-electron chi connectivity index (χ2n) is 5.52. The lowest BCUT2D eigenvalue weighted by Crippen LogP contribution is -2.12. The van der Waals surface area contributed by atoms with Gasteiger partial charge in [-0.25, -0.2) is 9.97 Å². The van der Waals surface area contributed by atoms with Gasteiger partial charge in [-0.15, -0.1) is 11.3 Å². The Morgan fingerprint density at radius 3 is 2.85 bits per heavy atom. The number of amides is 1. The molecule has 0 saturated heterocycles. The number of nitrogens with zero attached hydrogens (tertiary/aromatic N) is 2. The van der Waals surface area contributed by atoms with Gasteiger partial charge in [-0.1, -0.05) is 18.1 Å². The standard InChI is InChI=1S/C21H13N3O2S/c25-20(18-14-27-21(24-18)19-8-4-12-26-19)23-17-7-3-5-15(13-17)9-10-16-6-1-2-11-22-16/h1-8,11-14H,(H,23,25). The summed E-state index contributed by atoms with van der Waals surface area (Å²) in [6, 6.07) is 16.5. The summed E-state index contributed by atoms with van der Waals surface area (Å²) in [5.41, 5.74) is 2.48. The molecule has 0 bridgehead atoms. The van der Waals surface area contributed by atoms with Crippen LogP contribution in [0.3, 0.4) is 0 Å². The normalized spacial score (nSPS) is 10.1. The molecular weight excluding hydrogens is 358 g/mol. The van der Waals surface area contributed by atoms with Crippen molar-refractivity contribution in [3.63, 3.8) is 0 Å². The van der Waals surface area contributed by atoms with E-state index in [9.17, 15) is 4.79 Å². The number of carbonyl (C=O) groups excluding carboxylic acids is 1. The number of anilines is 1. The van der Waals surface area contributed by atoms with Crippen LogP contribution in [0.2, 0.25) is 0 Å². The summed E-state index contributed by atoms with van der Waals surface area (Å²) >= 11 is 1.36. The molecule has 1 aromatic carbocycles. The average Bonchev–Trinajstić information content (AvgIpc) is 3.39. The molecule has 1 N–H and O–H groups in total. The Balaban J connectivity index is 1.48. The zero-order valence-corrected chi connectivity index (χ0v) is 14.9. The van der Waals surface area contributed by atoms with Gasteiger partial charge in [-0.2, -0.15) is 0 Å². The zero-order valence-electron chi connectivity index (χ0n) is 14.0. The van der Waals surface area contributed by atoms with E-state index in [2.05, 4.69) is 27.1 Å². The van der Waals surface area contributed by atoms with Crippen molar-refractivity contribution in [1.29, 1.82) is 0 Å². The van der Waals surface area contributed by atoms with Crippen LogP contribution >= 0.6 is 11.3 Å². The number of benzene rings is 1. The van der Waals surface area contributed by atoms with E-state index in [1.54, 1.807) is 23.9 Å². The number of furan rings is 1. The first-order valence-electron chi connectivity index (χ1n) is 8.12. The van der Waals surface area contributed by atoms with Crippen LogP contribution in [0.5, 0.6) is 0 Å². The summed E-state index contributed by atoms with van der Waals surface area (Å²) in [5, 5.41) is 5.22. The molecule has 27 heavy (non-hydrogen) atoms. The smallest absolute Gasteiger partial charge is 0.275 e. The van der Waals surface area contributed by atoms with Gasteiger partial charge in [-0.3, -0.25) is 4.79 Å². The first kappa shape index (κ1) is 16.8. The van der Waals surface area contributed by atoms with Gasteiger partial charge in [0.15, 0.2) is 10.8 Å². The highest BCUT2D eigenvalue weighted by Crippen LogP contribution is 2.24. The Labute approximate surface area is 159 Å². The van der Waals surface area contributed by atoms with Crippen molar-refractivity contribution in [3.05, 3.63) is 89.4 Å². The van der Waals surface area contributed by atoms with Gasteiger partial charge >= 0.3 is 0 Å². The van der Waals surface area contributed by atoms with Crippen molar-refractivity contribution in [2.24, 2.45) is 0 Å². The van der Waals surface area contributed by atoms with Crippen LogP contribution in [-0.2, 0) is 0 Å². The molecule has 4 rings (SSSR count). The Bertz CT molecular complexity index is 1120. The Morgan fingerprint density at radius 2 is 2.04 bits per heavy atom. The number of aromatic nitrogens is 2. The molecule has 130 valence electrons. The number of rotatable bonds is 3. The second kappa shape index (κ2) is 7.68. The summed E-state index contributed by atoms with van der Waals surface area (Å²) in [5.74, 6) is 6.41. The SMILES string of the molecule is O=C(Nc1cccc(C#Cc2ccccn2)c1)c1csc(-c2ccco2)n1. The Kier molecular flexibility index (Phi) is 4.77. The molecular formula is C21H13N3O2S. The van der Waals surface area contributed by atoms with E-state index >= 15 is 0 Å². The van der Waals surface area contributed by atoms with Gasteiger partial charge in [0.1, 0.15) is 11.4 Å². The topological polar surface area (TPSA) is 68.0 Å². The van der Waals surface area contributed by atoms with E-state index in [0.29, 0.717) is 27.8 Å². The first-order valence-corrected chi connectivity index (χ1v) is 9.00. The van der Waals surface area contributed by atoms with Crippen LogP contribution in [0.15, 0.2) is 76.9 Å². The lowest BCUT2D eigenvalue weighted by molar-refractivity contribution is 0.102. The number of thiazole rings is 1. The van der Waals surface area contributed by atoms with Crippen molar-refractivity contribution >= 4 is 22.9 Å². The lowest BCUT2D eigenvalue weighted by atomic mass is 10.2. The molecule has 0 unspecified atom stereocenters. The van der Waals surface area contributed by atoms with E-state index in [1.165, 1.54) is 11.3 Å². The number of nitrogens with one attached hydrogen (secondary N) is 1. The van der Waals surface area contributed by atoms with Crippen molar-refractivity contribution in [2.75, 3.05) is 5.32 Å². The minimum atomic E-state index is -0.279. The minimum Gasteiger partial charge on any atom is -0.462 e. The highest BCUT2D eigenvalue weighted by atomic mass is 32.1. The molecule has 3 heterocycles. The molecule has 0 aliphatic rings. The fourth-order valence-electron chi connectivity index (χ4n) is 2.33. The number of hydrogen-bond donors (Lipinski definition) is 1. The van der Waals surface area contributed by atoms with E-state index in [1.807, 2.05) is 48.5 Å². The number of carbonyl (C=O) groups is 1. The summed E-state index contributed by atoms with van der Waals surface area (Å²) in [6.07, 6.45) is 3.28. The Morgan fingerprint density at radius 1 is 1.07 bits per heavy atom. The summed E-state index contributed by atoms with van der Waals surface area (Å²) in [6.45, 7) is 0. The maximum absolute atomic E-state index is 12.4. The predicted octanol–water partition coefficient (Wildman–Crippen LogP) is 4.45. The third-order valence-electron chi connectivity index (χ3n) is 3.59. The predicted molar refractivity (Wildman–Crippen MR) is 104 cm³/mol. The monoisotopic (exact) mass is 371 g/mol. The summed E-state index contributed by atoms with van der Waals surface area (Å²) in [4.78, 5) is 20.9. The van der Waals surface area contributed by atoms with Crippen molar-refractivity contribution in [2.45, 2.75) is 0 Å². The third-order valence-corrected chi connectivity index (χ3v) is 4.45. The van der Waals surface area contributed by atoms with Crippen LogP contribution in [0.1, 0.15) is 21.7 Å². The van der Waals surface area contributed by atoms with Crippen LogP contribution in [0, 0.1) is 11.8 Å². The molecule has 0 atom stereocenters. The van der Waals surface area contributed by atoms with Gasteiger partial charge in [0.25, 0.3) is 5.91 Å². The minimum absolute atomic E-state index is 0.279. The van der Waals surface area contributed by atoms with E-state index < -0.39 is 0 Å². The molecule has 5 nitrogen and oxygen atoms in total. The van der Waals surface area contributed by atoms with E-state index in [-0.39, 0.29) is 5.91 Å². The molecule has 0 spiro atoms. The molecule has 0 radical (unpaired) electrons. The van der Waals surface area contributed by atoms with Gasteiger partial charge in [0.05, 0.1) is 6.26 Å². The zero-order chi connectivity index (χ0) is 18.5. The molecule has 0 aliphatic heterocycles. The summed E-state index contributed by atoms with van der Waals surface area (Å²) < 4.78 is 5.31. The first-order chi connectivity index (χ1) is 13.3. The maximum atomic E-state index is 12.4. The van der Waals surface area contributed by atoms with E-state index in [4.69, 9.17) is 4.42 Å². The van der Waals surface area contributed by atoms with Crippen LogP contribution in [-0.4, -0.2) is 15.9 Å². The van der Waals surface area contributed by atoms with Crippen molar-refractivity contribution < 1.29 is 9.21 Å². The highest BCUT2D eigenvalue weighted by molar-refractivity contribution is 7.13. The molecule has 3 aromatic heterocycles. The largest absolute Gasteiger partial charge is 0.462 e. The average molecular weight is 371 g/mol. The quantitative estimate of drug-likeness (QED) is 0.540. The fraction of sp³-hybridized carbons (Fsp3) is 0. The summed E-state index contributed by atoms with van der Waals surface area (Å²) in [7, 11) is 0. The maximum Gasteiger partial charge on any atom is 0.275 e. The number of pyridine rings is 1. The van der Waals surface area contributed by atoms with Crippen molar-refractivity contribution in [3.8, 4) is 22.6 Å².